The molecule has 0 bridgehead atoms. The van der Waals surface area contributed by atoms with Crippen LogP contribution in [-0.4, -0.2) is 42.5 Å². The molecule has 0 unspecified atom stereocenters. The van der Waals surface area contributed by atoms with Gasteiger partial charge in [-0.15, -0.1) is 11.3 Å². The molecule has 2 rings (SSSR count). The Morgan fingerprint density at radius 1 is 1.32 bits per heavy atom. The van der Waals surface area contributed by atoms with E-state index in [1.807, 2.05) is 26.1 Å². The quantitative estimate of drug-likeness (QED) is 0.757. The van der Waals surface area contributed by atoms with Crippen molar-refractivity contribution < 1.29 is 4.79 Å². The van der Waals surface area contributed by atoms with Crippen molar-refractivity contribution in [2.45, 2.75) is 33.6 Å². The smallest absolute Gasteiger partial charge is 0.263 e. The van der Waals surface area contributed by atoms with E-state index in [0.29, 0.717) is 6.54 Å². The lowest BCUT2D eigenvalue weighted by molar-refractivity contribution is 0.0953. The topological polar surface area (TPSA) is 45.2 Å². The number of rotatable bonds is 8. The van der Waals surface area contributed by atoms with Gasteiger partial charge in [0.05, 0.1) is 10.7 Å². The number of nitrogens with one attached hydrogen (secondary N) is 1. The van der Waals surface area contributed by atoms with Gasteiger partial charge in [-0.3, -0.25) is 4.79 Å². The fourth-order valence-corrected chi connectivity index (χ4v) is 3.76. The van der Waals surface area contributed by atoms with Gasteiger partial charge in [0.2, 0.25) is 0 Å². The highest BCUT2D eigenvalue weighted by Gasteiger charge is 2.15. The van der Waals surface area contributed by atoms with Gasteiger partial charge in [0.25, 0.3) is 5.91 Å². The van der Waals surface area contributed by atoms with Crippen LogP contribution in [0.2, 0.25) is 5.02 Å². The van der Waals surface area contributed by atoms with E-state index < -0.39 is 0 Å². The van der Waals surface area contributed by atoms with Crippen molar-refractivity contribution in [2.75, 3.05) is 26.7 Å². The van der Waals surface area contributed by atoms with E-state index in [0.717, 1.165) is 46.5 Å². The molecular weight excluding hydrogens is 354 g/mol. The Morgan fingerprint density at radius 2 is 2.08 bits per heavy atom. The molecule has 0 atom stereocenters. The molecule has 1 aromatic carbocycles. The van der Waals surface area contributed by atoms with Crippen LogP contribution in [0.15, 0.2) is 18.2 Å². The Morgan fingerprint density at radius 3 is 2.76 bits per heavy atom. The molecule has 0 aliphatic rings. The lowest BCUT2D eigenvalue weighted by atomic mass is 10.0. The largest absolute Gasteiger partial charge is 0.350 e. The maximum Gasteiger partial charge on any atom is 0.263 e. The van der Waals surface area contributed by atoms with E-state index >= 15 is 0 Å². The first-order valence-corrected chi connectivity index (χ1v) is 9.78. The first-order valence-electron chi connectivity index (χ1n) is 8.58. The fourth-order valence-electron chi connectivity index (χ4n) is 2.55. The van der Waals surface area contributed by atoms with E-state index in [1.54, 1.807) is 0 Å². The Hall–Kier alpha value is -1.43. The van der Waals surface area contributed by atoms with Crippen LogP contribution < -0.4 is 5.32 Å². The van der Waals surface area contributed by atoms with Crippen molar-refractivity contribution in [2.24, 2.45) is 0 Å². The van der Waals surface area contributed by atoms with Gasteiger partial charge in [-0.1, -0.05) is 24.6 Å². The van der Waals surface area contributed by atoms with Crippen molar-refractivity contribution >= 4 is 28.8 Å². The minimum absolute atomic E-state index is 0.0200. The number of aromatic nitrogens is 1. The Labute approximate surface area is 159 Å². The number of hydrogen-bond donors (Lipinski definition) is 1. The van der Waals surface area contributed by atoms with E-state index in [9.17, 15) is 4.79 Å². The fraction of sp³-hybridized carbons (Fsp3) is 0.474. The molecule has 2 aromatic rings. The summed E-state index contributed by atoms with van der Waals surface area (Å²) in [5.41, 5.74) is 3.28. The molecule has 0 aliphatic heterocycles. The van der Waals surface area contributed by atoms with Crippen LogP contribution in [0.25, 0.3) is 0 Å². The summed E-state index contributed by atoms with van der Waals surface area (Å²) in [6.07, 6.45) is 1.73. The number of halogens is 1. The predicted octanol–water partition coefficient (Wildman–Crippen LogP) is 3.88. The molecule has 0 saturated carbocycles. The Bertz CT molecular complexity index is 729. The average molecular weight is 380 g/mol. The molecule has 1 N–H and O–H groups in total. The van der Waals surface area contributed by atoms with Crippen molar-refractivity contribution in [3.05, 3.63) is 49.9 Å². The highest BCUT2D eigenvalue weighted by atomic mass is 35.5. The SMILES string of the molecule is CCN(C)CCNC(=O)c1sc(CCc2ccc(Cl)cc2C)nc1C. The second-order valence-electron chi connectivity index (χ2n) is 6.24. The molecule has 6 heteroatoms. The molecule has 136 valence electrons. The molecule has 25 heavy (non-hydrogen) atoms. The van der Waals surface area contributed by atoms with Crippen LogP contribution in [-0.2, 0) is 12.8 Å². The third kappa shape index (κ3) is 5.80. The predicted molar refractivity (Wildman–Crippen MR) is 106 cm³/mol. The summed E-state index contributed by atoms with van der Waals surface area (Å²) >= 11 is 7.50. The summed E-state index contributed by atoms with van der Waals surface area (Å²) in [6, 6.07) is 5.97. The lowest BCUT2D eigenvalue weighted by Gasteiger charge is -2.13. The normalized spacial score (nSPS) is 11.1. The second-order valence-corrected chi connectivity index (χ2v) is 7.76. The van der Waals surface area contributed by atoms with E-state index in [1.165, 1.54) is 22.5 Å². The van der Waals surface area contributed by atoms with Crippen molar-refractivity contribution in [1.82, 2.24) is 15.2 Å². The van der Waals surface area contributed by atoms with Gasteiger partial charge < -0.3 is 10.2 Å². The molecule has 4 nitrogen and oxygen atoms in total. The summed E-state index contributed by atoms with van der Waals surface area (Å²) in [6.45, 7) is 8.55. The highest BCUT2D eigenvalue weighted by Crippen LogP contribution is 2.21. The number of nitrogens with zero attached hydrogens (tertiary/aromatic N) is 2. The van der Waals surface area contributed by atoms with Crippen molar-refractivity contribution in [1.29, 1.82) is 0 Å². The van der Waals surface area contributed by atoms with Crippen molar-refractivity contribution in [3.8, 4) is 0 Å². The van der Waals surface area contributed by atoms with Crippen LogP contribution in [0.1, 0.15) is 38.4 Å². The minimum Gasteiger partial charge on any atom is -0.350 e. The van der Waals surface area contributed by atoms with E-state index in [-0.39, 0.29) is 5.91 Å². The summed E-state index contributed by atoms with van der Waals surface area (Å²) in [5.74, 6) is -0.0200. The lowest BCUT2D eigenvalue weighted by Crippen LogP contribution is -2.32. The van der Waals surface area contributed by atoms with Gasteiger partial charge in [0.15, 0.2) is 0 Å². The number of amides is 1. The highest BCUT2D eigenvalue weighted by molar-refractivity contribution is 7.13. The molecule has 1 aromatic heterocycles. The van der Waals surface area contributed by atoms with E-state index in [4.69, 9.17) is 11.6 Å². The average Bonchev–Trinajstić information content (AvgIpc) is 2.94. The molecule has 1 amide bonds. The zero-order valence-electron chi connectivity index (χ0n) is 15.4. The zero-order chi connectivity index (χ0) is 18.4. The molecule has 0 spiro atoms. The van der Waals surface area contributed by atoms with Gasteiger partial charge >= 0.3 is 0 Å². The molecular formula is C19H26ClN3OS. The van der Waals surface area contributed by atoms with Crippen LogP contribution in [0, 0.1) is 13.8 Å². The molecule has 0 fully saturated rings. The van der Waals surface area contributed by atoms with Crippen LogP contribution in [0.5, 0.6) is 0 Å². The Balaban J connectivity index is 1.93. The number of aryl methyl sites for hydroxylation is 4. The van der Waals surface area contributed by atoms with Crippen LogP contribution in [0.3, 0.4) is 0 Å². The number of carbonyl (C=O) groups is 1. The first kappa shape index (κ1) is 19.9. The molecule has 0 radical (unpaired) electrons. The number of carbonyl (C=O) groups excluding carboxylic acids is 1. The third-order valence-electron chi connectivity index (χ3n) is 4.28. The zero-order valence-corrected chi connectivity index (χ0v) is 16.9. The number of benzene rings is 1. The van der Waals surface area contributed by atoms with Crippen LogP contribution >= 0.6 is 22.9 Å². The molecule has 0 saturated heterocycles. The van der Waals surface area contributed by atoms with Gasteiger partial charge in [0.1, 0.15) is 4.88 Å². The number of hydrogen-bond acceptors (Lipinski definition) is 4. The van der Waals surface area contributed by atoms with Gasteiger partial charge in [-0.25, -0.2) is 4.98 Å². The van der Waals surface area contributed by atoms with E-state index in [2.05, 4.69) is 35.1 Å². The number of thiazole rings is 1. The summed E-state index contributed by atoms with van der Waals surface area (Å²) < 4.78 is 0. The maximum atomic E-state index is 12.3. The summed E-state index contributed by atoms with van der Waals surface area (Å²) in [7, 11) is 2.04. The van der Waals surface area contributed by atoms with Crippen molar-refractivity contribution in [3.63, 3.8) is 0 Å². The maximum absolute atomic E-state index is 12.3. The first-order chi connectivity index (χ1) is 11.9. The van der Waals surface area contributed by atoms with Crippen LogP contribution in [0.4, 0.5) is 0 Å². The second kappa shape index (κ2) is 9.32. The minimum atomic E-state index is -0.0200. The standard InChI is InChI=1S/C19H26ClN3OS/c1-5-23(4)11-10-21-19(24)18-14(3)22-17(25-18)9-7-15-6-8-16(20)12-13(15)2/h6,8,12H,5,7,9-11H2,1-4H3,(H,21,24). The monoisotopic (exact) mass is 379 g/mol. The van der Waals surface area contributed by atoms with Gasteiger partial charge in [-0.05, 0) is 57.1 Å². The molecule has 1 heterocycles. The summed E-state index contributed by atoms with van der Waals surface area (Å²) in [5, 5.41) is 4.75. The van der Waals surface area contributed by atoms with Gasteiger partial charge in [0, 0.05) is 24.5 Å². The van der Waals surface area contributed by atoms with Gasteiger partial charge in [-0.2, -0.15) is 0 Å². The molecule has 0 aliphatic carbocycles. The summed E-state index contributed by atoms with van der Waals surface area (Å²) in [4.78, 5) is 19.8. The number of likely N-dealkylation sites (N-methyl/N-ethyl adjacent to an activating group) is 1. The third-order valence-corrected chi connectivity index (χ3v) is 5.73. The Kier molecular flexibility index (Phi) is 7.41.